The number of halogens is 2. The Morgan fingerprint density at radius 3 is 2.84 bits per heavy atom. The summed E-state index contributed by atoms with van der Waals surface area (Å²) in [5.74, 6) is 0.717. The highest BCUT2D eigenvalue weighted by molar-refractivity contribution is 7.96. The van der Waals surface area contributed by atoms with Gasteiger partial charge in [-0.05, 0) is 48.6 Å². The first-order valence-corrected chi connectivity index (χ1v) is 12.3. The zero-order valence-corrected chi connectivity index (χ0v) is 19.6. The van der Waals surface area contributed by atoms with Crippen LogP contribution in [0, 0.1) is 11.3 Å². The Labute approximate surface area is 197 Å². The van der Waals surface area contributed by atoms with E-state index in [9.17, 15) is 5.26 Å². The van der Waals surface area contributed by atoms with Crippen LogP contribution >= 0.6 is 35.1 Å². The van der Waals surface area contributed by atoms with Crippen molar-refractivity contribution in [3.05, 3.63) is 58.7 Å². The molecule has 1 saturated heterocycles. The van der Waals surface area contributed by atoms with Crippen LogP contribution in [0.2, 0.25) is 5.02 Å². The highest BCUT2D eigenvalue weighted by Gasteiger charge is 2.25. The van der Waals surface area contributed by atoms with E-state index in [0.717, 1.165) is 37.3 Å². The largest absolute Gasteiger partial charge is 0.489 e. The average molecular weight is 475 g/mol. The number of nitrogens with one attached hydrogen (secondary N) is 1. The van der Waals surface area contributed by atoms with Crippen LogP contribution in [0.1, 0.15) is 11.1 Å². The van der Waals surface area contributed by atoms with Crippen LogP contribution in [-0.2, 0) is 6.42 Å². The monoisotopic (exact) mass is 474 g/mol. The second kappa shape index (κ2) is 10.2. The predicted molar refractivity (Wildman–Crippen MR) is 130 cm³/mol. The summed E-state index contributed by atoms with van der Waals surface area (Å²) in [6.07, 6.45) is 5.11. The van der Waals surface area contributed by atoms with Gasteiger partial charge in [-0.25, -0.2) is 0 Å². The van der Waals surface area contributed by atoms with Gasteiger partial charge in [0, 0.05) is 42.9 Å². The van der Waals surface area contributed by atoms with Crippen LogP contribution < -0.4 is 9.46 Å². The SMILES string of the molecule is CSNC1CN(CCc2ccc3c(ccn3-c3cc(Cl)c(OCCCl)c(C#N)c3)c2)C1. The van der Waals surface area contributed by atoms with Gasteiger partial charge in [-0.2, -0.15) is 5.26 Å². The van der Waals surface area contributed by atoms with Crippen LogP contribution in [0.25, 0.3) is 16.6 Å². The smallest absolute Gasteiger partial charge is 0.155 e. The fourth-order valence-corrected chi connectivity index (χ4v) is 4.77. The van der Waals surface area contributed by atoms with Gasteiger partial charge < -0.3 is 9.30 Å². The lowest BCUT2D eigenvalue weighted by Crippen LogP contribution is -2.56. The Bertz CT molecular complexity index is 1100. The minimum absolute atomic E-state index is 0.302. The molecule has 0 spiro atoms. The summed E-state index contributed by atoms with van der Waals surface area (Å²) in [4.78, 5) is 2.47. The first kappa shape index (κ1) is 22.3. The molecule has 0 aliphatic carbocycles. The van der Waals surface area contributed by atoms with Crippen molar-refractivity contribution in [2.75, 3.05) is 38.4 Å². The molecule has 0 radical (unpaired) electrons. The maximum atomic E-state index is 9.55. The van der Waals surface area contributed by atoms with E-state index in [1.807, 2.05) is 16.8 Å². The number of fused-ring (bicyclic) bond motifs is 1. The van der Waals surface area contributed by atoms with Gasteiger partial charge in [0.25, 0.3) is 0 Å². The van der Waals surface area contributed by atoms with E-state index in [0.29, 0.717) is 34.9 Å². The van der Waals surface area contributed by atoms with E-state index < -0.39 is 0 Å². The molecule has 1 fully saturated rings. The zero-order valence-electron chi connectivity index (χ0n) is 17.3. The molecule has 4 rings (SSSR count). The molecule has 0 saturated carbocycles. The first-order chi connectivity index (χ1) is 15.1. The van der Waals surface area contributed by atoms with Crippen molar-refractivity contribution in [3.8, 4) is 17.5 Å². The van der Waals surface area contributed by atoms with Crippen molar-refractivity contribution in [1.29, 1.82) is 5.26 Å². The zero-order chi connectivity index (χ0) is 21.8. The summed E-state index contributed by atoms with van der Waals surface area (Å²) >= 11 is 13.8. The Kier molecular flexibility index (Phi) is 7.31. The number of ether oxygens (including phenoxy) is 1. The Morgan fingerprint density at radius 2 is 2.10 bits per heavy atom. The van der Waals surface area contributed by atoms with Gasteiger partial charge in [-0.1, -0.05) is 29.6 Å². The third kappa shape index (κ3) is 4.97. The van der Waals surface area contributed by atoms with Crippen molar-refractivity contribution in [3.63, 3.8) is 0 Å². The average Bonchev–Trinajstić information content (AvgIpc) is 3.17. The van der Waals surface area contributed by atoms with E-state index in [1.165, 1.54) is 10.9 Å². The van der Waals surface area contributed by atoms with E-state index in [-0.39, 0.29) is 0 Å². The fraction of sp³-hybridized carbons (Fsp3) is 0.348. The molecule has 0 atom stereocenters. The number of nitriles is 1. The molecular formula is C23H24Cl2N4OS. The molecule has 0 bridgehead atoms. The van der Waals surface area contributed by atoms with Crippen molar-refractivity contribution in [2.24, 2.45) is 0 Å². The fourth-order valence-electron chi connectivity index (χ4n) is 3.94. The van der Waals surface area contributed by atoms with Crippen molar-refractivity contribution >= 4 is 46.1 Å². The maximum Gasteiger partial charge on any atom is 0.155 e. The predicted octanol–water partition coefficient (Wildman–Crippen LogP) is 4.87. The highest BCUT2D eigenvalue weighted by atomic mass is 35.5. The second-order valence-corrected chi connectivity index (χ2v) is 8.99. The molecule has 1 aromatic heterocycles. The summed E-state index contributed by atoms with van der Waals surface area (Å²) in [7, 11) is 0. The Balaban J connectivity index is 1.51. The Hall–Kier alpha value is -1.88. The molecule has 31 heavy (non-hydrogen) atoms. The van der Waals surface area contributed by atoms with Gasteiger partial charge in [0.15, 0.2) is 5.75 Å². The summed E-state index contributed by atoms with van der Waals surface area (Å²) in [5, 5.41) is 11.1. The molecule has 1 N–H and O–H groups in total. The molecule has 2 aromatic carbocycles. The molecule has 5 nitrogen and oxygen atoms in total. The van der Waals surface area contributed by atoms with Gasteiger partial charge in [-0.15, -0.1) is 11.6 Å². The van der Waals surface area contributed by atoms with Gasteiger partial charge in [0.05, 0.1) is 22.0 Å². The number of alkyl halides is 1. The standard InChI is InChI=1S/C23H24Cl2N4OS/c1-31-27-19-14-28(15-19)7-4-16-2-3-22-17(10-16)5-8-29(22)20-11-18(13-26)23(21(25)12-20)30-9-6-24/h2-3,5,8,10-12,19,27H,4,6-7,9,14-15H2,1H3. The van der Waals surface area contributed by atoms with Crippen molar-refractivity contribution < 1.29 is 4.74 Å². The molecule has 1 aliphatic rings. The van der Waals surface area contributed by atoms with Crippen molar-refractivity contribution in [2.45, 2.75) is 12.5 Å². The van der Waals surface area contributed by atoms with E-state index >= 15 is 0 Å². The summed E-state index contributed by atoms with van der Waals surface area (Å²) < 4.78 is 11.0. The summed E-state index contributed by atoms with van der Waals surface area (Å²) in [5.41, 5.74) is 3.63. The van der Waals surface area contributed by atoms with E-state index in [2.05, 4.69) is 46.2 Å². The van der Waals surface area contributed by atoms with E-state index in [1.54, 1.807) is 18.0 Å². The number of nitrogens with zero attached hydrogens (tertiary/aromatic N) is 3. The molecule has 0 unspecified atom stereocenters. The summed E-state index contributed by atoms with van der Waals surface area (Å²) in [6.45, 7) is 3.61. The lowest BCUT2D eigenvalue weighted by atomic mass is 10.1. The molecule has 2 heterocycles. The molecule has 1 aliphatic heterocycles. The summed E-state index contributed by atoms with van der Waals surface area (Å²) in [6, 6.07) is 15.1. The molecule has 3 aromatic rings. The minimum Gasteiger partial charge on any atom is -0.489 e. The third-order valence-electron chi connectivity index (χ3n) is 5.46. The van der Waals surface area contributed by atoms with Crippen LogP contribution in [-0.4, -0.2) is 53.9 Å². The topological polar surface area (TPSA) is 53.2 Å². The molecular weight excluding hydrogens is 451 g/mol. The van der Waals surface area contributed by atoms with Gasteiger partial charge in [-0.3, -0.25) is 9.62 Å². The van der Waals surface area contributed by atoms with Crippen LogP contribution in [0.5, 0.6) is 5.75 Å². The number of benzene rings is 2. The van der Waals surface area contributed by atoms with Gasteiger partial charge >= 0.3 is 0 Å². The number of aromatic nitrogens is 1. The highest BCUT2D eigenvalue weighted by Crippen LogP contribution is 2.33. The van der Waals surface area contributed by atoms with Crippen LogP contribution in [0.4, 0.5) is 0 Å². The van der Waals surface area contributed by atoms with E-state index in [4.69, 9.17) is 27.9 Å². The number of hydrogen-bond donors (Lipinski definition) is 1. The van der Waals surface area contributed by atoms with Crippen LogP contribution in [0.15, 0.2) is 42.6 Å². The van der Waals surface area contributed by atoms with Gasteiger partial charge in [0.1, 0.15) is 12.7 Å². The normalized spacial score (nSPS) is 14.5. The number of rotatable bonds is 9. The van der Waals surface area contributed by atoms with Gasteiger partial charge in [0.2, 0.25) is 0 Å². The number of hydrogen-bond acceptors (Lipinski definition) is 5. The van der Waals surface area contributed by atoms with Crippen LogP contribution in [0.3, 0.4) is 0 Å². The first-order valence-electron chi connectivity index (χ1n) is 10.2. The number of likely N-dealkylation sites (tertiary alicyclic amines) is 1. The Morgan fingerprint density at radius 1 is 1.26 bits per heavy atom. The molecule has 8 heteroatoms. The quantitative estimate of drug-likeness (QED) is 0.354. The molecule has 162 valence electrons. The second-order valence-electron chi connectivity index (χ2n) is 7.56. The lowest BCUT2D eigenvalue weighted by molar-refractivity contribution is 0.145. The molecule has 0 amide bonds. The maximum absolute atomic E-state index is 9.55. The minimum atomic E-state index is 0.302. The van der Waals surface area contributed by atoms with Crippen molar-refractivity contribution in [1.82, 2.24) is 14.2 Å². The lowest BCUT2D eigenvalue weighted by Gasteiger charge is -2.39. The third-order valence-corrected chi connectivity index (χ3v) is 6.47.